The third-order valence-corrected chi connectivity index (χ3v) is 2.36. The highest BCUT2D eigenvalue weighted by molar-refractivity contribution is 9.10. The minimum atomic E-state index is 0.360. The molecule has 0 unspecified atom stereocenters. The van der Waals surface area contributed by atoms with Crippen molar-refractivity contribution in [3.05, 3.63) is 47.0 Å². The minimum Gasteiger partial charge on any atom is -0.307 e. The molecule has 0 aromatic heterocycles. The molecule has 0 aliphatic heterocycles. The van der Waals surface area contributed by atoms with Crippen LogP contribution in [0.25, 0.3) is 0 Å². The molecular weight excluding hydrogens is 226 g/mol. The summed E-state index contributed by atoms with van der Waals surface area (Å²) >= 11 is 3.44. The van der Waals surface area contributed by atoms with E-state index in [0.29, 0.717) is 6.04 Å². The van der Waals surface area contributed by atoms with Gasteiger partial charge in [0, 0.05) is 17.1 Å². The van der Waals surface area contributed by atoms with Crippen LogP contribution >= 0.6 is 15.9 Å². The third-order valence-electron chi connectivity index (χ3n) is 1.87. The summed E-state index contributed by atoms with van der Waals surface area (Å²) in [4.78, 5) is 0. The second-order valence-corrected chi connectivity index (χ2v) is 3.95. The fourth-order valence-corrected chi connectivity index (χ4v) is 1.46. The molecule has 0 aliphatic carbocycles. The number of benzene rings is 1. The molecule has 13 heavy (non-hydrogen) atoms. The van der Waals surface area contributed by atoms with Crippen molar-refractivity contribution in [1.29, 1.82) is 0 Å². The molecule has 0 spiro atoms. The van der Waals surface area contributed by atoms with Gasteiger partial charge in [0.2, 0.25) is 0 Å². The van der Waals surface area contributed by atoms with E-state index in [1.807, 2.05) is 18.2 Å². The van der Waals surface area contributed by atoms with E-state index >= 15 is 0 Å². The Morgan fingerprint density at radius 2 is 2.38 bits per heavy atom. The molecule has 0 radical (unpaired) electrons. The first-order valence-corrected chi connectivity index (χ1v) is 5.12. The number of nitrogens with one attached hydrogen (secondary N) is 1. The zero-order chi connectivity index (χ0) is 9.68. The minimum absolute atomic E-state index is 0.360. The molecule has 0 amide bonds. The molecule has 2 heteroatoms. The third kappa shape index (κ3) is 3.75. The molecule has 0 fully saturated rings. The molecule has 1 nitrogen and oxygen atoms in total. The lowest BCUT2D eigenvalue weighted by Gasteiger charge is -2.08. The van der Waals surface area contributed by atoms with Crippen molar-refractivity contribution in [2.75, 3.05) is 0 Å². The lowest BCUT2D eigenvalue weighted by molar-refractivity contribution is 0.634. The van der Waals surface area contributed by atoms with E-state index < -0.39 is 0 Å². The zero-order valence-electron chi connectivity index (χ0n) is 7.76. The standard InChI is InChI=1S/C11H14BrN/c1-3-9(2)13-8-10-5-4-6-11(12)7-10/h3-7,9,13H,1,8H2,2H3/t9-/m1/s1. The Labute approximate surface area is 88.0 Å². The summed E-state index contributed by atoms with van der Waals surface area (Å²) < 4.78 is 1.12. The van der Waals surface area contributed by atoms with Gasteiger partial charge in [-0.15, -0.1) is 6.58 Å². The van der Waals surface area contributed by atoms with Gasteiger partial charge in [0.05, 0.1) is 0 Å². The van der Waals surface area contributed by atoms with Crippen LogP contribution in [0.15, 0.2) is 41.4 Å². The summed E-state index contributed by atoms with van der Waals surface area (Å²) in [6.07, 6.45) is 1.90. The Balaban J connectivity index is 2.49. The molecule has 0 saturated carbocycles. The van der Waals surface area contributed by atoms with E-state index in [1.54, 1.807) is 0 Å². The first kappa shape index (κ1) is 10.5. The average molecular weight is 240 g/mol. The predicted molar refractivity (Wildman–Crippen MR) is 60.6 cm³/mol. The quantitative estimate of drug-likeness (QED) is 0.797. The van der Waals surface area contributed by atoms with Crippen LogP contribution < -0.4 is 5.32 Å². The van der Waals surface area contributed by atoms with Gasteiger partial charge >= 0.3 is 0 Å². The Morgan fingerprint density at radius 1 is 1.62 bits per heavy atom. The fraction of sp³-hybridized carbons (Fsp3) is 0.273. The Hall–Kier alpha value is -0.600. The fourth-order valence-electron chi connectivity index (χ4n) is 1.01. The van der Waals surface area contributed by atoms with Gasteiger partial charge in [-0.3, -0.25) is 0 Å². The summed E-state index contributed by atoms with van der Waals surface area (Å²) in [6, 6.07) is 8.65. The average Bonchev–Trinajstić information content (AvgIpc) is 2.14. The van der Waals surface area contributed by atoms with Crippen molar-refractivity contribution in [2.45, 2.75) is 19.5 Å². The lowest BCUT2D eigenvalue weighted by Crippen LogP contribution is -2.22. The largest absolute Gasteiger partial charge is 0.307 e. The predicted octanol–water partition coefficient (Wildman–Crippen LogP) is 3.11. The van der Waals surface area contributed by atoms with E-state index in [2.05, 4.69) is 46.9 Å². The molecule has 0 bridgehead atoms. The SMILES string of the molecule is C=C[C@@H](C)NCc1cccc(Br)c1. The maximum absolute atomic E-state index is 3.72. The number of rotatable bonds is 4. The van der Waals surface area contributed by atoms with Crippen molar-refractivity contribution in [1.82, 2.24) is 5.32 Å². The van der Waals surface area contributed by atoms with Crippen LogP contribution in [0.1, 0.15) is 12.5 Å². The highest BCUT2D eigenvalue weighted by Crippen LogP contribution is 2.11. The van der Waals surface area contributed by atoms with Gasteiger partial charge in [0.25, 0.3) is 0 Å². The number of halogens is 1. The van der Waals surface area contributed by atoms with Gasteiger partial charge in [0.15, 0.2) is 0 Å². The van der Waals surface area contributed by atoms with Crippen molar-refractivity contribution in [2.24, 2.45) is 0 Å². The second-order valence-electron chi connectivity index (χ2n) is 3.04. The monoisotopic (exact) mass is 239 g/mol. The second kappa shape index (κ2) is 5.20. The highest BCUT2D eigenvalue weighted by atomic mass is 79.9. The zero-order valence-corrected chi connectivity index (χ0v) is 9.34. The molecule has 0 heterocycles. The summed E-state index contributed by atoms with van der Waals surface area (Å²) in [6.45, 7) is 6.69. The summed E-state index contributed by atoms with van der Waals surface area (Å²) in [7, 11) is 0. The molecule has 1 rings (SSSR count). The first-order valence-electron chi connectivity index (χ1n) is 4.33. The Kier molecular flexibility index (Phi) is 4.19. The molecule has 1 aromatic rings. The molecular formula is C11H14BrN. The van der Waals surface area contributed by atoms with Crippen molar-refractivity contribution in [3.63, 3.8) is 0 Å². The Morgan fingerprint density at radius 3 is 3.00 bits per heavy atom. The first-order chi connectivity index (χ1) is 6.22. The van der Waals surface area contributed by atoms with Crippen LogP contribution in [0, 0.1) is 0 Å². The normalized spacial score (nSPS) is 12.5. The van der Waals surface area contributed by atoms with Gasteiger partial charge in [0.1, 0.15) is 0 Å². The van der Waals surface area contributed by atoms with Crippen LogP contribution in [0.5, 0.6) is 0 Å². The van der Waals surface area contributed by atoms with Gasteiger partial charge < -0.3 is 5.32 Å². The summed E-state index contributed by atoms with van der Waals surface area (Å²) in [5.41, 5.74) is 1.28. The van der Waals surface area contributed by atoms with Crippen LogP contribution in [-0.4, -0.2) is 6.04 Å². The van der Waals surface area contributed by atoms with Gasteiger partial charge in [-0.25, -0.2) is 0 Å². The maximum Gasteiger partial charge on any atom is 0.0222 e. The van der Waals surface area contributed by atoms with E-state index in [4.69, 9.17) is 0 Å². The summed E-state index contributed by atoms with van der Waals surface area (Å²) in [5.74, 6) is 0. The van der Waals surface area contributed by atoms with Crippen molar-refractivity contribution >= 4 is 15.9 Å². The van der Waals surface area contributed by atoms with Gasteiger partial charge in [-0.2, -0.15) is 0 Å². The molecule has 1 N–H and O–H groups in total. The lowest BCUT2D eigenvalue weighted by atomic mass is 10.2. The van der Waals surface area contributed by atoms with E-state index in [9.17, 15) is 0 Å². The molecule has 1 aromatic carbocycles. The van der Waals surface area contributed by atoms with Crippen LogP contribution in [0.4, 0.5) is 0 Å². The smallest absolute Gasteiger partial charge is 0.0222 e. The highest BCUT2D eigenvalue weighted by Gasteiger charge is 1.96. The van der Waals surface area contributed by atoms with E-state index in [1.165, 1.54) is 5.56 Å². The summed E-state index contributed by atoms with van der Waals surface area (Å²) in [5, 5.41) is 3.34. The maximum atomic E-state index is 3.72. The van der Waals surface area contributed by atoms with Gasteiger partial charge in [-0.1, -0.05) is 34.1 Å². The molecule has 0 saturated heterocycles. The van der Waals surface area contributed by atoms with Crippen LogP contribution in [0.3, 0.4) is 0 Å². The van der Waals surface area contributed by atoms with Crippen molar-refractivity contribution < 1.29 is 0 Å². The van der Waals surface area contributed by atoms with Crippen LogP contribution in [-0.2, 0) is 6.54 Å². The number of hydrogen-bond acceptors (Lipinski definition) is 1. The number of hydrogen-bond donors (Lipinski definition) is 1. The Bertz CT molecular complexity index is 283. The van der Waals surface area contributed by atoms with E-state index in [-0.39, 0.29) is 0 Å². The van der Waals surface area contributed by atoms with E-state index in [0.717, 1.165) is 11.0 Å². The molecule has 1 atom stereocenters. The van der Waals surface area contributed by atoms with Crippen molar-refractivity contribution in [3.8, 4) is 0 Å². The van der Waals surface area contributed by atoms with Crippen LogP contribution in [0.2, 0.25) is 0 Å². The topological polar surface area (TPSA) is 12.0 Å². The molecule has 0 aliphatic rings. The van der Waals surface area contributed by atoms with Gasteiger partial charge in [-0.05, 0) is 24.6 Å². The molecule has 70 valence electrons.